The van der Waals surface area contributed by atoms with E-state index in [1.165, 1.54) is 69.3 Å². The van der Waals surface area contributed by atoms with Crippen LogP contribution in [0.25, 0.3) is 16.9 Å². The number of amides is 1. The molecule has 2 heterocycles. The molecule has 1 aliphatic rings. The van der Waals surface area contributed by atoms with E-state index in [9.17, 15) is 9.59 Å². The number of benzene rings is 2. The highest BCUT2D eigenvalue weighted by Gasteiger charge is 2.27. The number of nitrogens with two attached hydrogens (primary N) is 1. The average Bonchev–Trinajstić information content (AvgIpc) is 3.73. The van der Waals surface area contributed by atoms with Gasteiger partial charge in [-0.05, 0) is 24.5 Å². The maximum Gasteiger partial charge on any atom is 0.243 e. The number of hydrogen-bond donors (Lipinski definition) is 2. The maximum absolute atomic E-state index is 14.0. The van der Waals surface area contributed by atoms with Crippen molar-refractivity contribution in [2.24, 2.45) is 11.7 Å². The smallest absolute Gasteiger partial charge is 0.243 e. The standard InChI is InChI=1S/C30H34N6O5S/c1-39-24-14-21(25(36-17-32-16-33-36)28(41-3)27(24)40-2)26(37)20-11-7-10-19(13-20)23-15-42-30(34-23)35-29(38)22(31)12-18-8-5-4-6-9-18/h7,10-11,13-18,22H,4-6,8-9,12,31H2,1-3H3,(H,34,35,38)/t22-/m0/s1. The van der Waals surface area contributed by atoms with Crippen molar-refractivity contribution >= 4 is 28.2 Å². The van der Waals surface area contributed by atoms with Gasteiger partial charge >= 0.3 is 0 Å². The first-order chi connectivity index (χ1) is 20.4. The molecule has 0 saturated heterocycles. The number of methoxy groups -OCH3 is 3. The number of hydrogen-bond acceptors (Lipinski definition) is 10. The molecule has 0 radical (unpaired) electrons. The number of nitrogens with one attached hydrogen (secondary N) is 1. The molecule has 2 aromatic heterocycles. The van der Waals surface area contributed by atoms with Crippen molar-refractivity contribution in [1.82, 2.24) is 19.7 Å². The predicted molar refractivity (Wildman–Crippen MR) is 160 cm³/mol. The zero-order valence-electron chi connectivity index (χ0n) is 23.8. The summed E-state index contributed by atoms with van der Waals surface area (Å²) in [6, 6.07) is 8.15. The topological polar surface area (TPSA) is 143 Å². The van der Waals surface area contributed by atoms with Crippen molar-refractivity contribution in [3.05, 3.63) is 59.5 Å². The molecular weight excluding hydrogens is 556 g/mol. The highest BCUT2D eigenvalue weighted by molar-refractivity contribution is 7.14. The fourth-order valence-electron chi connectivity index (χ4n) is 5.39. The third-order valence-electron chi connectivity index (χ3n) is 7.50. The molecule has 12 heteroatoms. The number of carbonyl (C=O) groups is 2. The van der Waals surface area contributed by atoms with E-state index in [0.29, 0.717) is 45.9 Å². The fraction of sp³-hybridized carbons (Fsp3) is 0.367. The summed E-state index contributed by atoms with van der Waals surface area (Å²) in [5.74, 6) is 0.920. The molecule has 0 aliphatic heterocycles. The summed E-state index contributed by atoms with van der Waals surface area (Å²) in [5, 5.41) is 9.39. The van der Waals surface area contributed by atoms with Crippen molar-refractivity contribution in [2.75, 3.05) is 26.6 Å². The SMILES string of the molecule is COc1cc(C(=O)c2cccc(-c3csc(NC(=O)[C@@H](N)CC4CCCCC4)n3)c2)c(-n2cncn2)c(OC)c1OC. The van der Waals surface area contributed by atoms with Crippen LogP contribution < -0.4 is 25.3 Å². The van der Waals surface area contributed by atoms with Gasteiger partial charge in [0.2, 0.25) is 11.7 Å². The van der Waals surface area contributed by atoms with Gasteiger partial charge in [0.1, 0.15) is 18.3 Å². The Morgan fingerprint density at radius 2 is 1.88 bits per heavy atom. The van der Waals surface area contributed by atoms with E-state index in [-0.39, 0.29) is 23.0 Å². The van der Waals surface area contributed by atoms with Crippen LogP contribution in [0.4, 0.5) is 5.13 Å². The maximum atomic E-state index is 14.0. The molecule has 2 aromatic carbocycles. The normalized spacial score (nSPS) is 14.3. The molecule has 0 bridgehead atoms. The Labute approximate surface area is 248 Å². The van der Waals surface area contributed by atoms with Crippen molar-refractivity contribution in [2.45, 2.75) is 44.6 Å². The van der Waals surface area contributed by atoms with Gasteiger partial charge < -0.3 is 25.3 Å². The fourth-order valence-corrected chi connectivity index (χ4v) is 6.11. The van der Waals surface area contributed by atoms with Gasteiger partial charge in [-0.3, -0.25) is 9.59 Å². The Bertz CT molecular complexity index is 1550. The summed E-state index contributed by atoms with van der Waals surface area (Å²) in [5.41, 5.74) is 8.64. The molecule has 11 nitrogen and oxygen atoms in total. The monoisotopic (exact) mass is 590 g/mol. The second-order valence-corrected chi connectivity index (χ2v) is 11.0. The Balaban J connectivity index is 1.40. The van der Waals surface area contributed by atoms with Gasteiger partial charge in [-0.15, -0.1) is 11.3 Å². The lowest BCUT2D eigenvalue weighted by molar-refractivity contribution is -0.117. The molecule has 0 spiro atoms. The molecule has 1 fully saturated rings. The molecule has 1 atom stereocenters. The Morgan fingerprint density at radius 1 is 1.10 bits per heavy atom. The number of thiazole rings is 1. The van der Waals surface area contributed by atoms with Crippen molar-refractivity contribution in [3.8, 4) is 34.2 Å². The van der Waals surface area contributed by atoms with Crippen LogP contribution in [-0.4, -0.2) is 58.8 Å². The minimum Gasteiger partial charge on any atom is -0.493 e. The summed E-state index contributed by atoms with van der Waals surface area (Å²) >= 11 is 1.31. The number of nitrogens with zero attached hydrogens (tertiary/aromatic N) is 4. The van der Waals surface area contributed by atoms with E-state index in [2.05, 4.69) is 20.4 Å². The Kier molecular flexibility index (Phi) is 9.13. The van der Waals surface area contributed by atoms with E-state index in [0.717, 1.165) is 18.4 Å². The third-order valence-corrected chi connectivity index (χ3v) is 8.26. The lowest BCUT2D eigenvalue weighted by Gasteiger charge is -2.23. The zero-order chi connectivity index (χ0) is 29.6. The molecule has 1 saturated carbocycles. The van der Waals surface area contributed by atoms with Gasteiger partial charge in [0.05, 0.1) is 38.6 Å². The molecule has 3 N–H and O–H groups in total. The molecule has 1 aliphatic carbocycles. The van der Waals surface area contributed by atoms with Crippen molar-refractivity contribution < 1.29 is 23.8 Å². The number of ketones is 1. The van der Waals surface area contributed by atoms with Crippen LogP contribution in [0, 0.1) is 5.92 Å². The van der Waals surface area contributed by atoms with E-state index >= 15 is 0 Å². The summed E-state index contributed by atoms with van der Waals surface area (Å²) < 4.78 is 18.1. The van der Waals surface area contributed by atoms with E-state index < -0.39 is 6.04 Å². The minimum absolute atomic E-state index is 0.228. The Hall–Kier alpha value is -4.29. The zero-order valence-corrected chi connectivity index (χ0v) is 24.6. The van der Waals surface area contributed by atoms with Crippen LogP contribution >= 0.6 is 11.3 Å². The largest absolute Gasteiger partial charge is 0.493 e. The number of anilines is 1. The van der Waals surface area contributed by atoms with Crippen molar-refractivity contribution in [1.29, 1.82) is 0 Å². The van der Waals surface area contributed by atoms with Gasteiger partial charge in [0.15, 0.2) is 22.4 Å². The van der Waals surface area contributed by atoms with Crippen LogP contribution in [0.1, 0.15) is 54.4 Å². The van der Waals surface area contributed by atoms with Gasteiger partial charge in [-0.1, -0.05) is 50.3 Å². The highest BCUT2D eigenvalue weighted by atomic mass is 32.1. The first kappa shape index (κ1) is 29.2. The molecular formula is C30H34N6O5S. The first-order valence-corrected chi connectivity index (χ1v) is 14.7. The van der Waals surface area contributed by atoms with Gasteiger partial charge in [-0.2, -0.15) is 5.10 Å². The predicted octanol–water partition coefficient (Wildman–Crippen LogP) is 4.88. The van der Waals surface area contributed by atoms with Crippen LogP contribution in [-0.2, 0) is 4.79 Å². The minimum atomic E-state index is -0.570. The van der Waals surface area contributed by atoms with Crippen molar-refractivity contribution in [3.63, 3.8) is 0 Å². The molecule has 0 unspecified atom stereocenters. The summed E-state index contributed by atoms with van der Waals surface area (Å²) in [4.78, 5) is 35.4. The quantitative estimate of drug-likeness (QED) is 0.234. The number of carbonyl (C=O) groups excluding carboxylic acids is 2. The molecule has 42 heavy (non-hydrogen) atoms. The highest BCUT2D eigenvalue weighted by Crippen LogP contribution is 2.44. The van der Waals surface area contributed by atoms with E-state index in [4.69, 9.17) is 19.9 Å². The van der Waals surface area contributed by atoms with Crippen LogP contribution in [0.3, 0.4) is 0 Å². The summed E-state index contributed by atoms with van der Waals surface area (Å²) in [6.07, 6.45) is 9.47. The Morgan fingerprint density at radius 3 is 2.57 bits per heavy atom. The second kappa shape index (κ2) is 13.1. The number of aromatic nitrogens is 4. The summed E-state index contributed by atoms with van der Waals surface area (Å²) in [7, 11) is 4.46. The molecule has 1 amide bonds. The molecule has 5 rings (SSSR count). The number of rotatable bonds is 11. The average molecular weight is 591 g/mol. The molecule has 4 aromatic rings. The van der Waals surface area contributed by atoms with Crippen LogP contribution in [0.5, 0.6) is 17.2 Å². The molecule has 220 valence electrons. The third kappa shape index (κ3) is 6.14. The summed E-state index contributed by atoms with van der Waals surface area (Å²) in [6.45, 7) is 0. The van der Waals surface area contributed by atoms with E-state index in [1.54, 1.807) is 24.3 Å². The van der Waals surface area contributed by atoms with Crippen LogP contribution in [0.15, 0.2) is 48.4 Å². The van der Waals surface area contributed by atoms with Gasteiger partial charge in [0, 0.05) is 16.5 Å². The van der Waals surface area contributed by atoms with Gasteiger partial charge in [-0.25, -0.2) is 14.6 Å². The lowest BCUT2D eigenvalue weighted by Crippen LogP contribution is -2.37. The van der Waals surface area contributed by atoms with Gasteiger partial charge in [0.25, 0.3) is 0 Å². The lowest BCUT2D eigenvalue weighted by atomic mass is 9.85. The van der Waals surface area contributed by atoms with Crippen LogP contribution in [0.2, 0.25) is 0 Å². The first-order valence-electron chi connectivity index (χ1n) is 13.8. The van der Waals surface area contributed by atoms with E-state index in [1.807, 2.05) is 11.4 Å². The number of ether oxygens (including phenoxy) is 3. The second-order valence-electron chi connectivity index (χ2n) is 10.2.